The monoisotopic (exact) mass is 208 g/mol. The maximum absolute atomic E-state index is 9.12. The zero-order valence-electron chi connectivity index (χ0n) is 9.48. The second-order valence-corrected chi connectivity index (χ2v) is 4.12. The molecular weight excluding hydrogens is 188 g/mol. The van der Waals surface area contributed by atoms with Gasteiger partial charge in [-0.25, -0.2) is 0 Å². The van der Waals surface area contributed by atoms with E-state index in [1.807, 2.05) is 18.2 Å². The Hall–Kier alpha value is -0.930. The summed E-state index contributed by atoms with van der Waals surface area (Å²) in [7, 11) is 0. The molecule has 0 amide bonds. The molecule has 15 heavy (non-hydrogen) atoms. The van der Waals surface area contributed by atoms with Crippen LogP contribution in [-0.2, 0) is 5.41 Å². The maximum atomic E-state index is 9.12. The minimum absolute atomic E-state index is 0.0274. The van der Waals surface area contributed by atoms with Crippen molar-refractivity contribution in [1.82, 2.24) is 4.98 Å². The Bertz CT molecular complexity index is 289. The van der Waals surface area contributed by atoms with Crippen molar-refractivity contribution in [1.29, 1.82) is 0 Å². The van der Waals surface area contributed by atoms with Crippen LogP contribution in [-0.4, -0.2) is 22.7 Å². The first-order chi connectivity index (χ1) is 7.15. The highest BCUT2D eigenvalue weighted by Crippen LogP contribution is 2.29. The molecule has 3 nitrogen and oxygen atoms in total. The average Bonchev–Trinajstić information content (AvgIpc) is 2.29. The molecule has 1 aromatic rings. The average molecular weight is 208 g/mol. The molecule has 0 aliphatic rings. The number of aliphatic hydroxyl groups is 1. The molecule has 0 saturated carbocycles. The molecule has 0 fully saturated rings. The van der Waals surface area contributed by atoms with Crippen LogP contribution in [0.4, 0.5) is 0 Å². The minimum Gasteiger partial charge on any atom is -0.396 e. The van der Waals surface area contributed by atoms with Crippen molar-refractivity contribution >= 4 is 0 Å². The van der Waals surface area contributed by atoms with E-state index in [1.54, 1.807) is 6.20 Å². The Labute approximate surface area is 91.3 Å². The first-order valence-electron chi connectivity index (χ1n) is 5.43. The van der Waals surface area contributed by atoms with Crippen LogP contribution >= 0.6 is 0 Å². The maximum Gasteiger partial charge on any atom is 0.0478 e. The minimum atomic E-state index is -0.231. The second-order valence-electron chi connectivity index (χ2n) is 4.12. The number of hydrogen-bond acceptors (Lipinski definition) is 3. The molecule has 0 aromatic carbocycles. The fourth-order valence-corrected chi connectivity index (χ4v) is 1.89. The van der Waals surface area contributed by atoms with Crippen LogP contribution in [0.5, 0.6) is 0 Å². The van der Waals surface area contributed by atoms with E-state index in [0.29, 0.717) is 6.42 Å². The molecule has 0 saturated heterocycles. The summed E-state index contributed by atoms with van der Waals surface area (Å²) in [6.45, 7) is 4.27. The number of aliphatic hydroxyl groups excluding tert-OH is 1. The van der Waals surface area contributed by atoms with Gasteiger partial charge in [0.25, 0.3) is 0 Å². The molecule has 0 aliphatic heterocycles. The lowest BCUT2D eigenvalue weighted by molar-refractivity contribution is 0.220. The third-order valence-corrected chi connectivity index (χ3v) is 3.14. The summed E-state index contributed by atoms with van der Waals surface area (Å²) in [6, 6.07) is 5.85. The van der Waals surface area contributed by atoms with Crippen LogP contribution in [0.2, 0.25) is 0 Å². The molecular formula is C12H20N2O. The summed E-state index contributed by atoms with van der Waals surface area (Å²) >= 11 is 0. The van der Waals surface area contributed by atoms with Gasteiger partial charge < -0.3 is 10.8 Å². The topological polar surface area (TPSA) is 59.1 Å². The number of nitrogens with two attached hydrogens (primary N) is 1. The van der Waals surface area contributed by atoms with E-state index in [2.05, 4.69) is 18.8 Å². The highest BCUT2D eigenvalue weighted by atomic mass is 16.3. The van der Waals surface area contributed by atoms with Gasteiger partial charge in [-0.05, 0) is 25.0 Å². The molecule has 0 radical (unpaired) electrons. The predicted molar refractivity (Wildman–Crippen MR) is 61.6 cm³/mol. The van der Waals surface area contributed by atoms with Gasteiger partial charge in [-0.15, -0.1) is 0 Å². The Morgan fingerprint density at radius 2 is 2.27 bits per heavy atom. The number of rotatable bonds is 5. The molecule has 1 rings (SSSR count). The van der Waals surface area contributed by atoms with E-state index in [-0.39, 0.29) is 18.1 Å². The van der Waals surface area contributed by atoms with Crippen LogP contribution in [0.25, 0.3) is 0 Å². The van der Waals surface area contributed by atoms with Gasteiger partial charge in [-0.2, -0.15) is 0 Å². The largest absolute Gasteiger partial charge is 0.396 e. The zero-order valence-corrected chi connectivity index (χ0v) is 9.48. The Balaban J connectivity index is 3.01. The number of hydrogen-bond donors (Lipinski definition) is 2. The lowest BCUT2D eigenvalue weighted by Crippen LogP contribution is -2.44. The van der Waals surface area contributed by atoms with Gasteiger partial charge in [0.2, 0.25) is 0 Å². The Morgan fingerprint density at radius 1 is 1.53 bits per heavy atom. The quantitative estimate of drug-likeness (QED) is 0.770. The second kappa shape index (κ2) is 5.24. The summed E-state index contributed by atoms with van der Waals surface area (Å²) in [5, 5.41) is 9.12. The summed E-state index contributed by atoms with van der Waals surface area (Å²) in [5.74, 6) is 0. The van der Waals surface area contributed by atoms with Crippen LogP contribution in [0.15, 0.2) is 24.4 Å². The molecule has 3 heteroatoms. The van der Waals surface area contributed by atoms with Gasteiger partial charge in [0, 0.05) is 30.0 Å². The SMILES string of the molecule is CCC(N)C(C)(CCO)c1ccccn1. The fourth-order valence-electron chi connectivity index (χ4n) is 1.89. The first-order valence-corrected chi connectivity index (χ1v) is 5.43. The lowest BCUT2D eigenvalue weighted by Gasteiger charge is -2.34. The first kappa shape index (κ1) is 12.1. The van der Waals surface area contributed by atoms with Gasteiger partial charge in [-0.3, -0.25) is 4.98 Å². The summed E-state index contributed by atoms with van der Waals surface area (Å²) < 4.78 is 0. The standard InChI is InChI=1S/C12H20N2O/c1-3-10(13)12(2,7-9-15)11-6-4-5-8-14-11/h4-6,8,10,15H,3,7,9,13H2,1-2H3. The number of pyridine rings is 1. The van der Waals surface area contributed by atoms with Crippen LogP contribution in [0, 0.1) is 0 Å². The molecule has 84 valence electrons. The third-order valence-electron chi connectivity index (χ3n) is 3.14. The molecule has 1 heterocycles. The highest BCUT2D eigenvalue weighted by molar-refractivity contribution is 5.18. The molecule has 1 aromatic heterocycles. The van der Waals surface area contributed by atoms with E-state index >= 15 is 0 Å². The lowest BCUT2D eigenvalue weighted by atomic mass is 9.75. The van der Waals surface area contributed by atoms with Crippen molar-refractivity contribution in [3.8, 4) is 0 Å². The van der Waals surface area contributed by atoms with Crippen molar-refractivity contribution in [3.63, 3.8) is 0 Å². The third kappa shape index (κ3) is 2.55. The highest BCUT2D eigenvalue weighted by Gasteiger charge is 2.33. The van der Waals surface area contributed by atoms with Gasteiger partial charge in [-0.1, -0.05) is 19.9 Å². The Morgan fingerprint density at radius 3 is 2.73 bits per heavy atom. The van der Waals surface area contributed by atoms with Crippen molar-refractivity contribution in [3.05, 3.63) is 30.1 Å². The molecule has 2 unspecified atom stereocenters. The van der Waals surface area contributed by atoms with Crippen LogP contribution in [0.1, 0.15) is 32.4 Å². The van der Waals surface area contributed by atoms with Gasteiger partial charge >= 0.3 is 0 Å². The van der Waals surface area contributed by atoms with Crippen LogP contribution in [0.3, 0.4) is 0 Å². The van der Waals surface area contributed by atoms with Crippen LogP contribution < -0.4 is 5.73 Å². The Kier molecular flexibility index (Phi) is 4.24. The molecule has 0 bridgehead atoms. The summed E-state index contributed by atoms with van der Waals surface area (Å²) in [5.41, 5.74) is 6.85. The predicted octanol–water partition coefficient (Wildman–Crippen LogP) is 1.46. The molecule has 2 atom stereocenters. The fraction of sp³-hybridized carbons (Fsp3) is 0.583. The van der Waals surface area contributed by atoms with Crippen molar-refractivity contribution in [2.75, 3.05) is 6.61 Å². The number of nitrogens with zero attached hydrogens (tertiary/aromatic N) is 1. The van der Waals surface area contributed by atoms with Gasteiger partial charge in [0.1, 0.15) is 0 Å². The zero-order chi connectivity index (χ0) is 11.3. The smallest absolute Gasteiger partial charge is 0.0478 e. The van der Waals surface area contributed by atoms with E-state index in [4.69, 9.17) is 10.8 Å². The summed E-state index contributed by atoms with van der Waals surface area (Å²) in [6.07, 6.45) is 3.30. The summed E-state index contributed by atoms with van der Waals surface area (Å²) in [4.78, 5) is 4.35. The molecule has 3 N–H and O–H groups in total. The van der Waals surface area contributed by atoms with Crippen molar-refractivity contribution in [2.45, 2.75) is 38.1 Å². The normalized spacial score (nSPS) is 17.1. The van der Waals surface area contributed by atoms with E-state index in [1.165, 1.54) is 0 Å². The van der Waals surface area contributed by atoms with E-state index < -0.39 is 0 Å². The van der Waals surface area contributed by atoms with Crippen molar-refractivity contribution in [2.24, 2.45) is 5.73 Å². The number of aromatic nitrogens is 1. The van der Waals surface area contributed by atoms with Crippen molar-refractivity contribution < 1.29 is 5.11 Å². The van der Waals surface area contributed by atoms with E-state index in [9.17, 15) is 0 Å². The molecule has 0 aliphatic carbocycles. The van der Waals surface area contributed by atoms with Gasteiger partial charge in [0.05, 0.1) is 0 Å². The van der Waals surface area contributed by atoms with E-state index in [0.717, 1.165) is 12.1 Å². The molecule has 0 spiro atoms. The van der Waals surface area contributed by atoms with Gasteiger partial charge in [0.15, 0.2) is 0 Å².